The van der Waals surface area contributed by atoms with Crippen molar-refractivity contribution < 1.29 is 0 Å². The van der Waals surface area contributed by atoms with Gasteiger partial charge in [-0.1, -0.05) is 40.9 Å². The number of aryl methyl sites for hydroxylation is 3. The molecule has 0 aliphatic heterocycles. The Hall–Kier alpha value is -0.0300. The van der Waals surface area contributed by atoms with Crippen LogP contribution >= 0.6 is 68.8 Å². The van der Waals surface area contributed by atoms with Gasteiger partial charge in [-0.15, -0.1) is 34.0 Å². The lowest BCUT2D eigenvalue weighted by atomic mass is 10.5. The van der Waals surface area contributed by atoms with Gasteiger partial charge >= 0.3 is 0 Å². The predicted molar refractivity (Wildman–Crippen MR) is 102 cm³/mol. The largest absolute Gasteiger partial charge is 0.149 e. The molecule has 0 nitrogen and oxygen atoms in total. The van der Waals surface area contributed by atoms with E-state index in [0.717, 1.165) is 9.21 Å². The molecule has 0 radical (unpaired) electrons. The highest BCUT2D eigenvalue weighted by molar-refractivity contribution is 7.17. The van der Waals surface area contributed by atoms with Gasteiger partial charge in [-0.25, -0.2) is 0 Å². The van der Waals surface area contributed by atoms with Crippen LogP contribution in [0.1, 0.15) is 14.6 Å². The lowest BCUT2D eigenvalue weighted by Crippen LogP contribution is -1.47. The van der Waals surface area contributed by atoms with Crippen LogP contribution in [0.25, 0.3) is 0 Å². The van der Waals surface area contributed by atoms with Crippen molar-refractivity contribution in [2.45, 2.75) is 20.8 Å². The maximum absolute atomic E-state index is 5.62. The fraction of sp³-hybridized carbons (Fsp3) is 0.200. The molecule has 0 amide bonds. The molecule has 114 valence electrons. The molecule has 0 N–H and O–H groups in total. The predicted octanol–water partition coefficient (Wildman–Crippen LogP) is 8.13. The summed E-state index contributed by atoms with van der Waals surface area (Å²) in [6.07, 6.45) is 0. The molecule has 0 saturated carbocycles. The van der Waals surface area contributed by atoms with Crippen molar-refractivity contribution in [2.24, 2.45) is 0 Å². The average molecular weight is 398 g/mol. The zero-order chi connectivity index (χ0) is 15.8. The summed E-state index contributed by atoms with van der Waals surface area (Å²) in [4.78, 5) is 3.81. The van der Waals surface area contributed by atoms with Gasteiger partial charge in [0, 0.05) is 14.6 Å². The summed E-state index contributed by atoms with van der Waals surface area (Å²) in [5.41, 5.74) is 0. The van der Waals surface area contributed by atoms with E-state index >= 15 is 0 Å². The molecule has 0 spiro atoms. The van der Waals surface area contributed by atoms with Crippen molar-refractivity contribution in [3.05, 3.63) is 64.0 Å². The van der Waals surface area contributed by atoms with Crippen LogP contribution in [-0.4, -0.2) is 0 Å². The number of rotatable bonds is 0. The number of hydrogen-bond donors (Lipinski definition) is 0. The molecule has 0 atom stereocenters. The van der Waals surface area contributed by atoms with Crippen LogP contribution in [0.4, 0.5) is 0 Å². The Morgan fingerprint density at radius 1 is 0.810 bits per heavy atom. The summed E-state index contributed by atoms with van der Waals surface area (Å²) in [6, 6.07) is 9.92. The molecular formula is C15H15Cl3S3. The minimum absolute atomic E-state index is 0.661. The Kier molecular flexibility index (Phi) is 8.95. The van der Waals surface area contributed by atoms with E-state index in [2.05, 4.69) is 24.4 Å². The Morgan fingerprint density at radius 3 is 1.67 bits per heavy atom. The highest BCUT2D eigenvalue weighted by atomic mass is 35.5. The lowest BCUT2D eigenvalue weighted by molar-refractivity contribution is 1.64. The second kappa shape index (κ2) is 9.88. The van der Waals surface area contributed by atoms with Crippen LogP contribution in [0.5, 0.6) is 0 Å². The molecule has 3 aromatic rings. The first kappa shape index (κ1) is 19.0. The van der Waals surface area contributed by atoms with Gasteiger partial charge in [0.2, 0.25) is 0 Å². The zero-order valence-corrected chi connectivity index (χ0v) is 16.5. The molecule has 0 aliphatic rings. The molecule has 0 fully saturated rings. The second-order valence-electron chi connectivity index (χ2n) is 4.05. The van der Waals surface area contributed by atoms with Gasteiger partial charge in [0.15, 0.2) is 0 Å². The number of thiophene rings is 3. The maximum atomic E-state index is 5.62. The van der Waals surface area contributed by atoms with E-state index in [-0.39, 0.29) is 0 Å². The molecule has 0 aliphatic carbocycles. The minimum Gasteiger partial charge on any atom is -0.149 e. The highest BCUT2D eigenvalue weighted by Crippen LogP contribution is 2.30. The first-order chi connectivity index (χ1) is 9.88. The van der Waals surface area contributed by atoms with Crippen LogP contribution in [0.15, 0.2) is 35.7 Å². The van der Waals surface area contributed by atoms with Crippen LogP contribution < -0.4 is 0 Å². The topological polar surface area (TPSA) is 0 Å². The Balaban J connectivity index is 0.000000159. The first-order valence-electron chi connectivity index (χ1n) is 6.02. The molecule has 21 heavy (non-hydrogen) atoms. The average Bonchev–Trinajstić information content (AvgIpc) is 3.08. The van der Waals surface area contributed by atoms with Crippen molar-refractivity contribution in [3.63, 3.8) is 0 Å². The quantitative estimate of drug-likeness (QED) is 0.359. The first-order valence-corrected chi connectivity index (χ1v) is 9.66. The van der Waals surface area contributed by atoms with Crippen molar-refractivity contribution in [1.82, 2.24) is 0 Å². The van der Waals surface area contributed by atoms with Gasteiger partial charge in [-0.05, 0) is 50.4 Å². The molecule has 3 heterocycles. The van der Waals surface area contributed by atoms with Gasteiger partial charge in [-0.2, -0.15) is 0 Å². The van der Waals surface area contributed by atoms with Gasteiger partial charge < -0.3 is 0 Å². The van der Waals surface area contributed by atoms with Crippen molar-refractivity contribution in [1.29, 1.82) is 0 Å². The highest BCUT2D eigenvalue weighted by Gasteiger charge is 1.98. The van der Waals surface area contributed by atoms with Crippen LogP contribution in [-0.2, 0) is 0 Å². The van der Waals surface area contributed by atoms with Gasteiger partial charge in [0.25, 0.3) is 0 Å². The molecule has 0 unspecified atom stereocenters. The molecule has 3 aromatic heterocycles. The van der Waals surface area contributed by atoms with Crippen LogP contribution in [0.3, 0.4) is 0 Å². The third-order valence-electron chi connectivity index (χ3n) is 2.14. The summed E-state index contributed by atoms with van der Waals surface area (Å²) >= 11 is 21.7. The Morgan fingerprint density at radius 2 is 1.52 bits per heavy atom. The van der Waals surface area contributed by atoms with Crippen LogP contribution in [0.2, 0.25) is 13.7 Å². The summed E-state index contributed by atoms with van der Waals surface area (Å²) < 4.78 is 1.56. The Labute approximate surface area is 152 Å². The fourth-order valence-electron chi connectivity index (χ4n) is 1.22. The number of hydrogen-bond acceptors (Lipinski definition) is 3. The number of halogens is 3. The molecular weight excluding hydrogens is 383 g/mol. The van der Waals surface area contributed by atoms with E-state index in [1.807, 2.05) is 32.0 Å². The van der Waals surface area contributed by atoms with Gasteiger partial charge in [0.05, 0.1) is 9.36 Å². The van der Waals surface area contributed by atoms with Crippen molar-refractivity contribution in [3.8, 4) is 0 Å². The van der Waals surface area contributed by atoms with E-state index in [0.29, 0.717) is 9.36 Å². The summed E-state index contributed by atoms with van der Waals surface area (Å²) in [5.74, 6) is 0. The van der Waals surface area contributed by atoms with Gasteiger partial charge in [0.1, 0.15) is 4.34 Å². The van der Waals surface area contributed by atoms with Crippen molar-refractivity contribution >= 4 is 68.8 Å². The zero-order valence-electron chi connectivity index (χ0n) is 11.8. The summed E-state index contributed by atoms with van der Waals surface area (Å²) in [7, 11) is 0. The maximum Gasteiger partial charge on any atom is 0.112 e. The third-order valence-corrected chi connectivity index (χ3v) is 5.87. The SMILES string of the molecule is Cc1cc(Cl)c(Cl)s1.Cc1ccc(Cl)s1.Cc1cccs1. The third kappa shape index (κ3) is 8.24. The summed E-state index contributed by atoms with van der Waals surface area (Å²) in [5, 5.41) is 2.74. The van der Waals surface area contributed by atoms with Gasteiger partial charge in [-0.3, -0.25) is 0 Å². The van der Waals surface area contributed by atoms with E-state index in [4.69, 9.17) is 34.8 Å². The standard InChI is InChI=1S/C5H4Cl2S.C5H5ClS.C5H6S/c1-3-2-4(6)5(7)8-3;1-4-2-3-5(6)7-4;1-5-3-2-4-6-5/h2H,1H3;2-3H,1H3;2-4H,1H3. The molecule has 0 aromatic carbocycles. The minimum atomic E-state index is 0.661. The second-order valence-corrected chi connectivity index (χ2v) is 9.39. The molecule has 3 rings (SSSR count). The lowest BCUT2D eigenvalue weighted by Gasteiger charge is -1.73. The fourth-order valence-corrected chi connectivity index (χ4v) is 4.14. The smallest absolute Gasteiger partial charge is 0.112 e. The Bertz CT molecular complexity index is 603. The molecule has 0 bridgehead atoms. The normalized spacial score (nSPS) is 9.43. The monoisotopic (exact) mass is 396 g/mol. The summed E-state index contributed by atoms with van der Waals surface area (Å²) in [6.45, 7) is 6.11. The van der Waals surface area contributed by atoms with E-state index in [9.17, 15) is 0 Å². The molecule has 0 saturated heterocycles. The van der Waals surface area contributed by atoms with Crippen LogP contribution in [0, 0.1) is 20.8 Å². The van der Waals surface area contributed by atoms with E-state index < -0.39 is 0 Å². The van der Waals surface area contributed by atoms with E-state index in [1.54, 1.807) is 22.7 Å². The van der Waals surface area contributed by atoms with E-state index in [1.165, 1.54) is 21.1 Å². The van der Waals surface area contributed by atoms with Crippen molar-refractivity contribution in [2.75, 3.05) is 0 Å². The molecule has 6 heteroatoms.